The van der Waals surface area contributed by atoms with Crippen molar-refractivity contribution in [2.24, 2.45) is 0 Å². The smallest absolute Gasteiger partial charge is 0.262 e. The Morgan fingerprint density at radius 2 is 1.97 bits per heavy atom. The number of halogens is 1. The van der Waals surface area contributed by atoms with Crippen molar-refractivity contribution in [3.05, 3.63) is 63.9 Å². The van der Waals surface area contributed by atoms with Crippen LogP contribution < -0.4 is 15.6 Å². The number of carbonyl (C=O) groups excluding carboxylic acids is 1. The number of nitrogens with zero attached hydrogens (tertiary/aromatic N) is 2. The van der Waals surface area contributed by atoms with Crippen molar-refractivity contribution in [1.82, 2.24) is 14.9 Å². The molecule has 0 aliphatic carbocycles. The molecule has 0 unspecified atom stereocenters. The molecule has 0 fully saturated rings. The Labute approximate surface area is 184 Å². The fourth-order valence-electron chi connectivity index (χ4n) is 2.84. The van der Waals surface area contributed by atoms with Gasteiger partial charge >= 0.3 is 0 Å². The summed E-state index contributed by atoms with van der Waals surface area (Å²) in [6.07, 6.45) is 1.85. The topological polar surface area (TPSA) is 73.2 Å². The fraction of sp³-hybridized carbons (Fsp3) is 0.318. The van der Waals surface area contributed by atoms with Gasteiger partial charge in [0.25, 0.3) is 5.56 Å². The third-order valence-corrected chi connectivity index (χ3v) is 5.63. The van der Waals surface area contributed by atoms with E-state index in [0.717, 1.165) is 12.8 Å². The van der Waals surface area contributed by atoms with Crippen molar-refractivity contribution in [2.75, 3.05) is 18.9 Å². The molecule has 2 aromatic carbocycles. The molecule has 0 bridgehead atoms. The van der Waals surface area contributed by atoms with Crippen molar-refractivity contribution in [3.63, 3.8) is 0 Å². The fourth-order valence-corrected chi connectivity index (χ4v) is 3.82. The van der Waals surface area contributed by atoms with Gasteiger partial charge < -0.3 is 10.1 Å². The Morgan fingerprint density at radius 1 is 1.20 bits per heavy atom. The van der Waals surface area contributed by atoms with Gasteiger partial charge in [-0.15, -0.1) is 0 Å². The molecule has 0 atom stereocenters. The quantitative estimate of drug-likeness (QED) is 0.288. The Hall–Kier alpha value is -2.51. The number of rotatable bonds is 10. The number of benzene rings is 2. The molecule has 0 aliphatic rings. The van der Waals surface area contributed by atoms with Gasteiger partial charge in [0.15, 0.2) is 5.16 Å². The van der Waals surface area contributed by atoms with Gasteiger partial charge in [0.1, 0.15) is 12.4 Å². The number of ether oxygens (including phenoxy) is 1. The molecule has 0 aliphatic heterocycles. The second-order valence-corrected chi connectivity index (χ2v) is 8.04. The van der Waals surface area contributed by atoms with Gasteiger partial charge in [0.05, 0.1) is 23.2 Å². The number of carbonyl (C=O) groups is 1. The minimum absolute atomic E-state index is 0.0617. The van der Waals surface area contributed by atoms with E-state index in [1.807, 2.05) is 18.2 Å². The largest absolute Gasteiger partial charge is 0.492 e. The van der Waals surface area contributed by atoms with Gasteiger partial charge in [-0.25, -0.2) is 4.98 Å². The molecule has 0 saturated carbocycles. The molecule has 30 heavy (non-hydrogen) atoms. The highest BCUT2D eigenvalue weighted by Gasteiger charge is 2.13. The van der Waals surface area contributed by atoms with Gasteiger partial charge in [-0.1, -0.05) is 48.8 Å². The number of hydrogen-bond acceptors (Lipinski definition) is 5. The molecule has 0 spiro atoms. The third-order valence-electron chi connectivity index (χ3n) is 4.40. The Bertz CT molecular complexity index is 1050. The van der Waals surface area contributed by atoms with E-state index in [9.17, 15) is 9.59 Å². The lowest BCUT2D eigenvalue weighted by Crippen LogP contribution is -2.30. The van der Waals surface area contributed by atoms with Crippen LogP contribution in [0.4, 0.5) is 0 Å². The summed E-state index contributed by atoms with van der Waals surface area (Å²) in [6, 6.07) is 14.4. The zero-order valence-corrected chi connectivity index (χ0v) is 18.3. The summed E-state index contributed by atoms with van der Waals surface area (Å²) in [5.41, 5.74) is 0.586. The van der Waals surface area contributed by atoms with E-state index in [1.54, 1.807) is 34.9 Å². The molecule has 3 aromatic rings. The van der Waals surface area contributed by atoms with Crippen LogP contribution in [0.15, 0.2) is 58.5 Å². The van der Waals surface area contributed by atoms with Crippen LogP contribution >= 0.6 is 23.4 Å². The lowest BCUT2D eigenvalue weighted by atomic mass is 10.2. The van der Waals surface area contributed by atoms with Crippen LogP contribution in [0.25, 0.3) is 10.9 Å². The number of unbranched alkanes of at least 4 members (excludes halogenated alkanes) is 1. The lowest BCUT2D eigenvalue weighted by molar-refractivity contribution is -0.118. The highest BCUT2D eigenvalue weighted by molar-refractivity contribution is 7.99. The molecular formula is C22H24ClN3O3S. The minimum Gasteiger partial charge on any atom is -0.492 e. The van der Waals surface area contributed by atoms with Crippen LogP contribution in [0.2, 0.25) is 5.02 Å². The van der Waals surface area contributed by atoms with Crippen molar-refractivity contribution >= 4 is 40.2 Å². The van der Waals surface area contributed by atoms with Crippen LogP contribution in [0.1, 0.15) is 19.8 Å². The van der Waals surface area contributed by atoms with Crippen molar-refractivity contribution in [2.45, 2.75) is 31.5 Å². The minimum atomic E-state index is -0.135. The number of nitrogens with one attached hydrogen (secondary N) is 1. The van der Waals surface area contributed by atoms with Gasteiger partial charge in [-0.3, -0.25) is 14.2 Å². The molecule has 158 valence electrons. The molecule has 8 heteroatoms. The summed E-state index contributed by atoms with van der Waals surface area (Å²) in [6.45, 7) is 3.40. The van der Waals surface area contributed by atoms with Crippen molar-refractivity contribution < 1.29 is 9.53 Å². The monoisotopic (exact) mass is 445 g/mol. The van der Waals surface area contributed by atoms with E-state index in [4.69, 9.17) is 16.3 Å². The summed E-state index contributed by atoms with van der Waals surface area (Å²) in [5, 5.41) is 4.64. The first-order valence-corrected chi connectivity index (χ1v) is 11.2. The van der Waals surface area contributed by atoms with Crippen molar-refractivity contribution in [1.29, 1.82) is 0 Å². The summed E-state index contributed by atoms with van der Waals surface area (Å²) < 4.78 is 7.24. The number of hydrogen-bond donors (Lipinski definition) is 1. The van der Waals surface area contributed by atoms with E-state index < -0.39 is 0 Å². The summed E-state index contributed by atoms with van der Waals surface area (Å²) in [4.78, 5) is 29.7. The predicted octanol–water partition coefficient (Wildman–Crippen LogP) is 4.14. The molecule has 0 saturated heterocycles. The van der Waals surface area contributed by atoms with Crippen molar-refractivity contribution in [3.8, 4) is 5.75 Å². The summed E-state index contributed by atoms with van der Waals surface area (Å²) >= 11 is 7.11. The first kappa shape index (κ1) is 22.2. The first-order valence-electron chi connectivity index (χ1n) is 9.86. The summed E-state index contributed by atoms with van der Waals surface area (Å²) in [5.74, 6) is 0.741. The van der Waals surface area contributed by atoms with E-state index >= 15 is 0 Å². The molecular weight excluding hydrogens is 422 g/mol. The Morgan fingerprint density at radius 3 is 2.73 bits per heavy atom. The van der Waals surface area contributed by atoms with Gasteiger partial charge in [-0.2, -0.15) is 0 Å². The zero-order chi connectivity index (χ0) is 21.3. The summed E-state index contributed by atoms with van der Waals surface area (Å²) in [7, 11) is 0. The highest BCUT2D eigenvalue weighted by Crippen LogP contribution is 2.18. The number of amides is 1. The predicted molar refractivity (Wildman–Crippen MR) is 122 cm³/mol. The molecule has 6 nitrogen and oxygen atoms in total. The third kappa shape index (κ3) is 6.00. The molecule has 3 rings (SSSR count). The number of fused-ring (bicyclic) bond motifs is 1. The Kier molecular flexibility index (Phi) is 8.16. The maximum absolute atomic E-state index is 12.9. The second-order valence-electron chi connectivity index (χ2n) is 6.66. The van der Waals surface area contributed by atoms with E-state index in [0.29, 0.717) is 46.5 Å². The average Bonchev–Trinajstić information content (AvgIpc) is 2.76. The lowest BCUT2D eigenvalue weighted by Gasteiger charge is -2.13. The standard InChI is InChI=1S/C22H24ClN3O3S/c1-2-3-13-26-21(28)18-6-4-5-7-19(18)25-22(26)30-15-20(27)24-12-14-29-17-10-8-16(23)9-11-17/h4-11H,2-3,12-15H2,1H3,(H,24,27). The molecule has 1 amide bonds. The normalized spacial score (nSPS) is 10.9. The Balaban J connectivity index is 1.56. The molecule has 1 heterocycles. The number of para-hydroxylation sites is 1. The maximum Gasteiger partial charge on any atom is 0.262 e. The van der Waals surface area contributed by atoms with Crippen LogP contribution in [0, 0.1) is 0 Å². The van der Waals surface area contributed by atoms with Crippen LogP contribution in [0.3, 0.4) is 0 Å². The first-order chi connectivity index (χ1) is 14.6. The number of aromatic nitrogens is 2. The van der Waals surface area contributed by atoms with Gasteiger partial charge in [-0.05, 0) is 42.8 Å². The maximum atomic E-state index is 12.9. The van der Waals surface area contributed by atoms with Crippen LogP contribution in [-0.4, -0.2) is 34.4 Å². The van der Waals surface area contributed by atoms with E-state index in [-0.39, 0.29) is 17.2 Å². The van der Waals surface area contributed by atoms with E-state index in [2.05, 4.69) is 17.2 Å². The highest BCUT2D eigenvalue weighted by atomic mass is 35.5. The second kappa shape index (κ2) is 11.0. The van der Waals surface area contributed by atoms with Gasteiger partial charge in [0, 0.05) is 11.6 Å². The molecule has 1 aromatic heterocycles. The molecule has 1 N–H and O–H groups in total. The SMILES string of the molecule is CCCCn1c(SCC(=O)NCCOc2ccc(Cl)cc2)nc2ccccc2c1=O. The van der Waals surface area contributed by atoms with E-state index in [1.165, 1.54) is 11.8 Å². The van der Waals surface area contributed by atoms with Crippen LogP contribution in [-0.2, 0) is 11.3 Å². The number of thioether (sulfide) groups is 1. The average molecular weight is 446 g/mol. The zero-order valence-electron chi connectivity index (χ0n) is 16.8. The van der Waals surface area contributed by atoms with Crippen LogP contribution in [0.5, 0.6) is 5.75 Å². The molecule has 0 radical (unpaired) electrons. The van der Waals surface area contributed by atoms with Gasteiger partial charge in [0.2, 0.25) is 5.91 Å².